The van der Waals surface area contributed by atoms with Gasteiger partial charge in [-0.25, -0.2) is 9.97 Å². The standard InChI is InChI=1S/C16H17F3N4O/c1-2-3-6-20-14-15-21-8-11(9-24)23(15)13-5-4-10(16(17,18)19)7-12(13)22-14/h4-5,7-8,24H,2-3,6,9H2,1H3,(H,20,22). The summed E-state index contributed by atoms with van der Waals surface area (Å²) in [5.74, 6) is 0.412. The molecule has 3 rings (SSSR count). The summed E-state index contributed by atoms with van der Waals surface area (Å²) >= 11 is 0. The van der Waals surface area contributed by atoms with Gasteiger partial charge in [0.25, 0.3) is 0 Å². The number of fused-ring (bicyclic) bond motifs is 3. The second kappa shape index (κ2) is 6.27. The zero-order chi connectivity index (χ0) is 17.3. The molecule has 0 atom stereocenters. The lowest BCUT2D eigenvalue weighted by atomic mass is 10.2. The quantitative estimate of drug-likeness (QED) is 0.698. The molecule has 0 saturated heterocycles. The van der Waals surface area contributed by atoms with E-state index in [0.717, 1.165) is 25.0 Å². The average molecular weight is 338 g/mol. The molecule has 2 aromatic heterocycles. The lowest BCUT2D eigenvalue weighted by Crippen LogP contribution is -2.09. The zero-order valence-corrected chi connectivity index (χ0v) is 13.1. The van der Waals surface area contributed by atoms with Crippen molar-refractivity contribution in [3.63, 3.8) is 0 Å². The van der Waals surface area contributed by atoms with Crippen LogP contribution in [0.25, 0.3) is 16.7 Å². The van der Waals surface area contributed by atoms with Crippen LogP contribution in [-0.2, 0) is 12.8 Å². The molecule has 1 aromatic carbocycles. The van der Waals surface area contributed by atoms with Crippen LogP contribution in [0.15, 0.2) is 24.4 Å². The van der Waals surface area contributed by atoms with E-state index in [1.54, 1.807) is 4.40 Å². The maximum atomic E-state index is 13.0. The Hall–Kier alpha value is -2.35. The summed E-state index contributed by atoms with van der Waals surface area (Å²) in [6.07, 6.45) is -1.05. The Morgan fingerprint density at radius 3 is 2.75 bits per heavy atom. The Morgan fingerprint density at radius 2 is 2.08 bits per heavy atom. The number of alkyl halides is 3. The molecule has 24 heavy (non-hydrogen) atoms. The van der Waals surface area contributed by atoms with Crippen molar-refractivity contribution in [2.24, 2.45) is 0 Å². The number of unbranched alkanes of at least 4 members (excludes halogenated alkanes) is 1. The highest BCUT2D eigenvalue weighted by atomic mass is 19.4. The van der Waals surface area contributed by atoms with Gasteiger partial charge < -0.3 is 10.4 Å². The summed E-state index contributed by atoms with van der Waals surface area (Å²) in [6.45, 7) is 2.42. The molecular formula is C16H17F3N4O. The first-order chi connectivity index (χ1) is 11.5. The van der Waals surface area contributed by atoms with Gasteiger partial charge in [-0.05, 0) is 24.6 Å². The van der Waals surface area contributed by atoms with Crippen molar-refractivity contribution in [2.75, 3.05) is 11.9 Å². The van der Waals surface area contributed by atoms with Crippen LogP contribution in [0.4, 0.5) is 19.0 Å². The minimum Gasteiger partial charge on any atom is -0.390 e. The number of nitrogens with zero attached hydrogens (tertiary/aromatic N) is 3. The Labute approximate surface area is 136 Å². The number of aliphatic hydroxyl groups is 1. The summed E-state index contributed by atoms with van der Waals surface area (Å²) in [5, 5.41) is 12.6. The average Bonchev–Trinajstić information content (AvgIpc) is 2.98. The highest BCUT2D eigenvalue weighted by molar-refractivity contribution is 5.84. The molecule has 2 heterocycles. The van der Waals surface area contributed by atoms with Gasteiger partial charge in [-0.1, -0.05) is 13.3 Å². The van der Waals surface area contributed by atoms with Gasteiger partial charge in [-0.3, -0.25) is 4.40 Å². The van der Waals surface area contributed by atoms with Gasteiger partial charge in [0.15, 0.2) is 11.5 Å². The molecule has 0 aliphatic rings. The molecule has 2 N–H and O–H groups in total. The third-order valence-corrected chi connectivity index (χ3v) is 3.81. The predicted octanol–water partition coefficient (Wildman–Crippen LogP) is 3.61. The molecule has 0 aliphatic heterocycles. The van der Waals surface area contributed by atoms with E-state index in [1.165, 1.54) is 12.3 Å². The van der Waals surface area contributed by atoms with E-state index in [9.17, 15) is 18.3 Å². The number of halogens is 3. The number of benzene rings is 1. The third-order valence-electron chi connectivity index (χ3n) is 3.81. The monoisotopic (exact) mass is 338 g/mol. The number of anilines is 1. The van der Waals surface area contributed by atoms with Crippen LogP contribution in [0, 0.1) is 0 Å². The number of rotatable bonds is 5. The van der Waals surface area contributed by atoms with Gasteiger partial charge in [-0.15, -0.1) is 0 Å². The topological polar surface area (TPSA) is 62.5 Å². The summed E-state index contributed by atoms with van der Waals surface area (Å²) in [5.41, 5.74) is 0.898. The van der Waals surface area contributed by atoms with Crippen LogP contribution in [-0.4, -0.2) is 26.0 Å². The number of nitrogens with one attached hydrogen (secondary N) is 1. The van der Waals surface area contributed by atoms with Crippen molar-refractivity contribution in [3.8, 4) is 0 Å². The van der Waals surface area contributed by atoms with Gasteiger partial charge in [0.05, 0.1) is 35.1 Å². The number of imidazole rings is 1. The van der Waals surface area contributed by atoms with Gasteiger partial charge in [0.1, 0.15) is 0 Å². The van der Waals surface area contributed by atoms with Crippen molar-refractivity contribution in [2.45, 2.75) is 32.5 Å². The maximum Gasteiger partial charge on any atom is 0.416 e. The van der Waals surface area contributed by atoms with Gasteiger partial charge in [-0.2, -0.15) is 13.2 Å². The van der Waals surface area contributed by atoms with E-state index in [2.05, 4.69) is 15.3 Å². The molecule has 0 amide bonds. The van der Waals surface area contributed by atoms with Crippen molar-refractivity contribution >= 4 is 22.5 Å². The van der Waals surface area contributed by atoms with Gasteiger partial charge in [0, 0.05) is 6.54 Å². The van der Waals surface area contributed by atoms with E-state index in [4.69, 9.17) is 0 Å². The fourth-order valence-corrected chi connectivity index (χ4v) is 2.59. The Kier molecular flexibility index (Phi) is 4.31. The van der Waals surface area contributed by atoms with Gasteiger partial charge >= 0.3 is 6.18 Å². The van der Waals surface area contributed by atoms with Crippen LogP contribution in [0.1, 0.15) is 31.0 Å². The molecule has 5 nitrogen and oxygen atoms in total. The van der Waals surface area contributed by atoms with Crippen molar-refractivity contribution in [3.05, 3.63) is 35.7 Å². The van der Waals surface area contributed by atoms with Crippen LogP contribution < -0.4 is 5.32 Å². The molecule has 0 aliphatic carbocycles. The summed E-state index contributed by atoms with van der Waals surface area (Å²) < 4.78 is 40.5. The first kappa shape index (κ1) is 16.5. The van der Waals surface area contributed by atoms with Crippen molar-refractivity contribution in [1.29, 1.82) is 0 Å². The number of hydrogen-bond acceptors (Lipinski definition) is 4. The summed E-state index contributed by atoms with van der Waals surface area (Å²) in [6, 6.07) is 3.38. The van der Waals surface area contributed by atoms with E-state index in [1.807, 2.05) is 6.92 Å². The largest absolute Gasteiger partial charge is 0.416 e. The summed E-state index contributed by atoms with van der Waals surface area (Å²) in [4.78, 5) is 8.57. The fourth-order valence-electron chi connectivity index (χ4n) is 2.59. The molecule has 128 valence electrons. The molecule has 0 unspecified atom stereocenters. The number of aromatic nitrogens is 3. The molecule has 0 saturated carbocycles. The molecular weight excluding hydrogens is 321 g/mol. The maximum absolute atomic E-state index is 13.0. The molecule has 0 fully saturated rings. The van der Waals surface area contributed by atoms with Crippen molar-refractivity contribution in [1.82, 2.24) is 14.4 Å². The van der Waals surface area contributed by atoms with E-state index >= 15 is 0 Å². The zero-order valence-electron chi connectivity index (χ0n) is 13.1. The summed E-state index contributed by atoms with van der Waals surface area (Å²) in [7, 11) is 0. The molecule has 0 spiro atoms. The second-order valence-corrected chi connectivity index (χ2v) is 5.51. The van der Waals surface area contributed by atoms with Gasteiger partial charge in [0.2, 0.25) is 0 Å². The van der Waals surface area contributed by atoms with E-state index in [-0.39, 0.29) is 12.1 Å². The first-order valence-electron chi connectivity index (χ1n) is 7.67. The van der Waals surface area contributed by atoms with E-state index < -0.39 is 11.7 Å². The molecule has 0 bridgehead atoms. The predicted molar refractivity (Wildman–Crippen MR) is 84.8 cm³/mol. The molecule has 8 heteroatoms. The molecule has 3 aromatic rings. The van der Waals surface area contributed by atoms with Crippen LogP contribution >= 0.6 is 0 Å². The first-order valence-corrected chi connectivity index (χ1v) is 7.67. The van der Waals surface area contributed by atoms with Crippen LogP contribution in [0.5, 0.6) is 0 Å². The lowest BCUT2D eigenvalue weighted by molar-refractivity contribution is -0.137. The Balaban J connectivity index is 2.23. The minimum atomic E-state index is -4.44. The Morgan fingerprint density at radius 1 is 1.29 bits per heavy atom. The van der Waals surface area contributed by atoms with Crippen LogP contribution in [0.3, 0.4) is 0 Å². The SMILES string of the molecule is CCCCNc1nc2cc(C(F)(F)F)ccc2n2c(CO)cnc12. The van der Waals surface area contributed by atoms with Crippen LogP contribution in [0.2, 0.25) is 0 Å². The molecule has 0 radical (unpaired) electrons. The number of hydrogen-bond donors (Lipinski definition) is 2. The normalized spacial score (nSPS) is 12.2. The second-order valence-electron chi connectivity index (χ2n) is 5.51. The fraction of sp³-hybridized carbons (Fsp3) is 0.375. The Bertz CT molecular complexity index is 873. The smallest absolute Gasteiger partial charge is 0.390 e. The highest BCUT2D eigenvalue weighted by Gasteiger charge is 2.31. The minimum absolute atomic E-state index is 0.198. The van der Waals surface area contributed by atoms with E-state index in [0.29, 0.717) is 29.2 Å². The van der Waals surface area contributed by atoms with Crippen molar-refractivity contribution < 1.29 is 18.3 Å². The highest BCUT2D eigenvalue weighted by Crippen LogP contribution is 2.32. The lowest BCUT2D eigenvalue weighted by Gasteiger charge is -2.12. The third kappa shape index (κ3) is 2.89. The number of aliphatic hydroxyl groups excluding tert-OH is 1.